The summed E-state index contributed by atoms with van der Waals surface area (Å²) in [6.07, 6.45) is 0. The van der Waals surface area contributed by atoms with Crippen LogP contribution in [-0.2, 0) is 9.36 Å². The van der Waals surface area contributed by atoms with Crippen LogP contribution >= 0.6 is 7.82 Å². The molecule has 1 atom stereocenters. The van der Waals surface area contributed by atoms with Crippen molar-refractivity contribution < 1.29 is 39.4 Å². The minimum atomic E-state index is -4.64. The zero-order valence-electron chi connectivity index (χ0n) is 8.30. The van der Waals surface area contributed by atoms with E-state index in [1.807, 2.05) is 0 Å². The van der Waals surface area contributed by atoms with E-state index in [4.69, 9.17) is 46.0 Å². The van der Waals surface area contributed by atoms with E-state index in [2.05, 4.69) is 0 Å². The summed E-state index contributed by atoms with van der Waals surface area (Å²) in [7, 11) is -4.64. The van der Waals surface area contributed by atoms with Gasteiger partial charge in [-0.25, -0.2) is 4.57 Å². The summed E-state index contributed by atoms with van der Waals surface area (Å²) in [5, 5.41) is 23.6. The molecule has 0 fully saturated rings. The summed E-state index contributed by atoms with van der Waals surface area (Å²) in [5.41, 5.74) is 9.54. The van der Waals surface area contributed by atoms with Gasteiger partial charge in [0.1, 0.15) is 6.04 Å². The predicted molar refractivity (Wildman–Crippen MR) is 53.1 cm³/mol. The quantitative estimate of drug-likeness (QED) is 0.235. The van der Waals surface area contributed by atoms with Crippen LogP contribution in [0.5, 0.6) is 0 Å². The SMILES string of the molecule is NC(CO)C(=O)O.NCCO.O=P(O)(O)O. The summed E-state index contributed by atoms with van der Waals surface area (Å²) in [6.45, 7) is -0.0324. The molecular weight excluding hydrogens is 247 g/mol. The number of nitrogens with two attached hydrogens (primary N) is 2. The van der Waals surface area contributed by atoms with Gasteiger partial charge in [-0.3, -0.25) is 4.79 Å². The molecule has 0 aromatic carbocycles. The van der Waals surface area contributed by atoms with E-state index < -0.39 is 26.4 Å². The molecule has 0 aliphatic heterocycles. The number of aliphatic hydroxyl groups excluding tert-OH is 2. The van der Waals surface area contributed by atoms with Gasteiger partial charge in [-0.15, -0.1) is 0 Å². The molecule has 0 saturated carbocycles. The van der Waals surface area contributed by atoms with Gasteiger partial charge in [-0.1, -0.05) is 0 Å². The van der Waals surface area contributed by atoms with E-state index in [-0.39, 0.29) is 6.61 Å². The van der Waals surface area contributed by atoms with Crippen molar-refractivity contribution in [3.8, 4) is 0 Å². The molecule has 0 saturated heterocycles. The predicted octanol–water partition coefficient (Wildman–Crippen LogP) is -3.60. The third-order valence-electron chi connectivity index (χ3n) is 0.643. The lowest BCUT2D eigenvalue weighted by Crippen LogP contribution is -2.33. The molecule has 11 heteroatoms. The minimum absolute atomic E-state index is 0.0972. The number of carboxylic acid groups (broad SMARTS) is 1. The maximum absolute atomic E-state index is 9.65. The first-order valence-electron chi connectivity index (χ1n) is 3.78. The monoisotopic (exact) mass is 264 g/mol. The Bertz CT molecular complexity index is 196. The first kappa shape index (κ1) is 20.8. The molecule has 10 N–H and O–H groups in total. The normalized spacial score (nSPS) is 11.4. The molecule has 0 amide bonds. The largest absolute Gasteiger partial charge is 0.480 e. The molecule has 0 aromatic rings. The molecule has 10 nitrogen and oxygen atoms in total. The molecule has 0 radical (unpaired) electrons. The fraction of sp³-hybridized carbons (Fsp3) is 0.800. The van der Waals surface area contributed by atoms with Crippen LogP contribution in [0.4, 0.5) is 0 Å². The van der Waals surface area contributed by atoms with Gasteiger partial charge >= 0.3 is 13.8 Å². The van der Waals surface area contributed by atoms with Crippen LogP contribution in [0.25, 0.3) is 0 Å². The van der Waals surface area contributed by atoms with Crippen molar-refractivity contribution in [2.45, 2.75) is 6.04 Å². The van der Waals surface area contributed by atoms with Gasteiger partial charge in [0, 0.05) is 6.54 Å². The Hall–Kier alpha value is -0.580. The highest BCUT2D eigenvalue weighted by atomic mass is 31.2. The fourth-order valence-electron chi connectivity index (χ4n) is 0.0781. The average molecular weight is 264 g/mol. The Morgan fingerprint density at radius 2 is 1.50 bits per heavy atom. The number of aliphatic hydroxyl groups is 2. The van der Waals surface area contributed by atoms with Gasteiger partial charge in [0.25, 0.3) is 0 Å². The highest BCUT2D eigenvalue weighted by Gasteiger charge is 2.07. The Labute approximate surface area is 91.4 Å². The Balaban J connectivity index is -0.000000166. The Morgan fingerprint density at radius 3 is 1.50 bits per heavy atom. The molecule has 0 bridgehead atoms. The van der Waals surface area contributed by atoms with E-state index in [1.54, 1.807) is 0 Å². The van der Waals surface area contributed by atoms with Gasteiger partial charge < -0.3 is 41.5 Å². The van der Waals surface area contributed by atoms with Gasteiger partial charge in [-0.2, -0.15) is 0 Å². The fourth-order valence-corrected chi connectivity index (χ4v) is 0.0781. The van der Waals surface area contributed by atoms with E-state index in [0.717, 1.165) is 0 Å². The number of hydrogen-bond donors (Lipinski definition) is 8. The third kappa shape index (κ3) is 50.2. The maximum Gasteiger partial charge on any atom is 0.466 e. The summed E-state index contributed by atoms with van der Waals surface area (Å²) >= 11 is 0. The van der Waals surface area contributed by atoms with Gasteiger partial charge in [0.05, 0.1) is 13.2 Å². The van der Waals surface area contributed by atoms with Crippen molar-refractivity contribution in [1.29, 1.82) is 0 Å². The molecule has 0 aromatic heterocycles. The van der Waals surface area contributed by atoms with Crippen molar-refractivity contribution in [1.82, 2.24) is 0 Å². The van der Waals surface area contributed by atoms with Crippen molar-refractivity contribution in [2.75, 3.05) is 19.8 Å². The van der Waals surface area contributed by atoms with Crippen molar-refractivity contribution in [2.24, 2.45) is 11.5 Å². The van der Waals surface area contributed by atoms with E-state index in [0.29, 0.717) is 6.54 Å². The van der Waals surface area contributed by atoms with Gasteiger partial charge in [0.15, 0.2) is 0 Å². The van der Waals surface area contributed by atoms with Crippen LogP contribution in [0.2, 0.25) is 0 Å². The molecule has 0 rings (SSSR count). The second kappa shape index (κ2) is 12.5. The number of rotatable bonds is 3. The second-order valence-corrected chi connectivity index (χ2v) is 3.18. The van der Waals surface area contributed by atoms with Crippen LogP contribution in [0.15, 0.2) is 0 Å². The molecule has 0 heterocycles. The first-order valence-corrected chi connectivity index (χ1v) is 5.35. The molecular formula is C5H17N2O8P. The van der Waals surface area contributed by atoms with Crippen LogP contribution in [0, 0.1) is 0 Å². The zero-order valence-corrected chi connectivity index (χ0v) is 9.19. The summed E-state index contributed by atoms with van der Waals surface area (Å²) in [4.78, 5) is 31.2. The highest BCUT2D eigenvalue weighted by molar-refractivity contribution is 7.45. The lowest BCUT2D eigenvalue weighted by molar-refractivity contribution is -0.139. The molecule has 1 unspecified atom stereocenters. The number of hydrogen-bond acceptors (Lipinski definition) is 6. The van der Waals surface area contributed by atoms with Crippen LogP contribution < -0.4 is 11.5 Å². The summed E-state index contributed by atoms with van der Waals surface area (Å²) in [6, 6.07) is -1.13. The Morgan fingerprint density at radius 1 is 1.25 bits per heavy atom. The van der Waals surface area contributed by atoms with E-state index in [9.17, 15) is 4.79 Å². The van der Waals surface area contributed by atoms with Crippen molar-refractivity contribution in [3.63, 3.8) is 0 Å². The smallest absolute Gasteiger partial charge is 0.466 e. The van der Waals surface area contributed by atoms with Gasteiger partial charge in [-0.05, 0) is 0 Å². The molecule has 0 aliphatic rings. The average Bonchev–Trinajstić information content (AvgIpc) is 2.14. The second-order valence-electron chi connectivity index (χ2n) is 2.15. The topological polar surface area (TPSA) is 208 Å². The van der Waals surface area contributed by atoms with Crippen LogP contribution in [0.1, 0.15) is 0 Å². The molecule has 100 valence electrons. The first-order chi connectivity index (χ1) is 7.09. The number of carbonyl (C=O) groups is 1. The zero-order chi connectivity index (χ0) is 13.8. The number of aliphatic carboxylic acids is 1. The molecule has 0 spiro atoms. The minimum Gasteiger partial charge on any atom is -0.480 e. The van der Waals surface area contributed by atoms with Crippen molar-refractivity contribution in [3.05, 3.63) is 0 Å². The van der Waals surface area contributed by atoms with Crippen molar-refractivity contribution >= 4 is 13.8 Å². The van der Waals surface area contributed by atoms with Crippen LogP contribution in [0.3, 0.4) is 0 Å². The van der Waals surface area contributed by atoms with Crippen LogP contribution in [-0.4, -0.2) is 61.8 Å². The molecule has 0 aliphatic carbocycles. The highest BCUT2D eigenvalue weighted by Crippen LogP contribution is 2.25. The van der Waals surface area contributed by atoms with E-state index in [1.165, 1.54) is 0 Å². The molecule has 16 heavy (non-hydrogen) atoms. The summed E-state index contributed by atoms with van der Waals surface area (Å²) in [5.74, 6) is -1.18. The summed E-state index contributed by atoms with van der Waals surface area (Å²) < 4.78 is 8.88. The number of carboxylic acids is 1. The maximum atomic E-state index is 9.65. The lowest BCUT2D eigenvalue weighted by atomic mass is 10.3. The van der Waals surface area contributed by atoms with E-state index >= 15 is 0 Å². The number of phosphoric acid groups is 1. The standard InChI is InChI=1S/C3H7NO3.C2H7NO.H3O4P/c4-2(1-5)3(6)7;3-1-2-4;1-5(2,3)4/h2,5H,1,4H2,(H,6,7);4H,1-3H2;(H3,1,2,3,4). The third-order valence-corrected chi connectivity index (χ3v) is 0.643. The Kier molecular flexibility index (Phi) is 16.2. The van der Waals surface area contributed by atoms with Gasteiger partial charge in [0.2, 0.25) is 0 Å². The lowest BCUT2D eigenvalue weighted by Gasteiger charge is -1.96.